The summed E-state index contributed by atoms with van der Waals surface area (Å²) in [6.07, 6.45) is 7.08. The monoisotopic (exact) mass is 255 g/mol. The number of rotatable bonds is 6. The molecule has 1 rings (SSSR count). The number of hydrogen-bond acceptors (Lipinski definition) is 3. The molecule has 18 heavy (non-hydrogen) atoms. The summed E-state index contributed by atoms with van der Waals surface area (Å²) in [5, 5.41) is 7.06. The molecule has 0 aromatic carbocycles. The Kier molecular flexibility index (Phi) is 7.28. The summed E-state index contributed by atoms with van der Waals surface area (Å²) in [6, 6.07) is 1.13. The summed E-state index contributed by atoms with van der Waals surface area (Å²) in [5.74, 6) is 0.197. The molecule has 1 fully saturated rings. The van der Waals surface area contributed by atoms with E-state index in [9.17, 15) is 4.79 Å². The minimum atomic E-state index is 0.197. The van der Waals surface area contributed by atoms with Gasteiger partial charge >= 0.3 is 0 Å². The molecule has 1 aliphatic rings. The minimum Gasteiger partial charge on any atom is -0.349 e. The standard InChI is InChI=1S/C14H29N3O/c1-12(15-10-8-14(18)17(2)3)11-13-7-5-4-6-9-16-13/h12-13,15-16H,4-11H2,1-3H3. The zero-order chi connectivity index (χ0) is 13.4. The molecule has 1 aliphatic heterocycles. The van der Waals surface area contributed by atoms with Crippen LogP contribution in [-0.4, -0.2) is 50.1 Å². The Morgan fingerprint density at radius 1 is 1.39 bits per heavy atom. The van der Waals surface area contributed by atoms with Gasteiger partial charge in [0.15, 0.2) is 0 Å². The van der Waals surface area contributed by atoms with Crippen molar-refractivity contribution in [2.45, 2.75) is 57.5 Å². The molecule has 1 heterocycles. The van der Waals surface area contributed by atoms with Gasteiger partial charge < -0.3 is 15.5 Å². The van der Waals surface area contributed by atoms with Crippen LogP contribution in [0.5, 0.6) is 0 Å². The van der Waals surface area contributed by atoms with Gasteiger partial charge in [-0.3, -0.25) is 4.79 Å². The lowest BCUT2D eigenvalue weighted by Gasteiger charge is -2.21. The van der Waals surface area contributed by atoms with Gasteiger partial charge in [-0.15, -0.1) is 0 Å². The van der Waals surface area contributed by atoms with Crippen LogP contribution >= 0.6 is 0 Å². The molecule has 1 saturated heterocycles. The van der Waals surface area contributed by atoms with E-state index in [1.54, 1.807) is 19.0 Å². The van der Waals surface area contributed by atoms with Gasteiger partial charge in [0, 0.05) is 39.1 Å². The summed E-state index contributed by atoms with van der Waals surface area (Å²) in [4.78, 5) is 13.1. The van der Waals surface area contributed by atoms with Gasteiger partial charge in [0.2, 0.25) is 5.91 Å². The summed E-state index contributed by atoms with van der Waals surface area (Å²) in [5.41, 5.74) is 0. The van der Waals surface area contributed by atoms with Crippen LogP contribution in [0, 0.1) is 0 Å². The highest BCUT2D eigenvalue weighted by atomic mass is 16.2. The Balaban J connectivity index is 2.12. The lowest BCUT2D eigenvalue weighted by Crippen LogP contribution is -2.38. The number of carbonyl (C=O) groups excluding carboxylic acids is 1. The molecule has 2 unspecified atom stereocenters. The molecule has 0 aromatic rings. The highest BCUT2D eigenvalue weighted by Gasteiger charge is 2.14. The molecule has 0 aliphatic carbocycles. The fourth-order valence-electron chi connectivity index (χ4n) is 2.46. The van der Waals surface area contributed by atoms with Crippen LogP contribution in [0.1, 0.15) is 45.4 Å². The second kappa shape index (κ2) is 8.48. The van der Waals surface area contributed by atoms with E-state index in [1.807, 2.05) is 0 Å². The first kappa shape index (κ1) is 15.4. The average molecular weight is 255 g/mol. The van der Waals surface area contributed by atoms with Gasteiger partial charge in [0.25, 0.3) is 0 Å². The third-order valence-electron chi connectivity index (χ3n) is 3.63. The van der Waals surface area contributed by atoms with Crippen molar-refractivity contribution < 1.29 is 4.79 Å². The smallest absolute Gasteiger partial charge is 0.223 e. The van der Waals surface area contributed by atoms with E-state index >= 15 is 0 Å². The van der Waals surface area contributed by atoms with Crippen LogP contribution in [0.25, 0.3) is 0 Å². The molecule has 4 heteroatoms. The second-order valence-corrected chi connectivity index (χ2v) is 5.63. The second-order valence-electron chi connectivity index (χ2n) is 5.63. The highest BCUT2D eigenvalue weighted by Crippen LogP contribution is 2.12. The van der Waals surface area contributed by atoms with Crippen molar-refractivity contribution in [1.29, 1.82) is 0 Å². The Hall–Kier alpha value is -0.610. The summed E-state index contributed by atoms with van der Waals surface area (Å²) in [6.45, 7) is 4.16. The van der Waals surface area contributed by atoms with Crippen molar-refractivity contribution in [3.63, 3.8) is 0 Å². The van der Waals surface area contributed by atoms with Crippen molar-refractivity contribution in [2.75, 3.05) is 27.2 Å². The fraction of sp³-hybridized carbons (Fsp3) is 0.929. The fourth-order valence-corrected chi connectivity index (χ4v) is 2.46. The van der Waals surface area contributed by atoms with Crippen LogP contribution in [0.4, 0.5) is 0 Å². The lowest BCUT2D eigenvalue weighted by molar-refractivity contribution is -0.128. The zero-order valence-electron chi connectivity index (χ0n) is 12.2. The molecule has 0 bridgehead atoms. The van der Waals surface area contributed by atoms with E-state index in [2.05, 4.69) is 17.6 Å². The topological polar surface area (TPSA) is 44.4 Å². The predicted octanol–water partition coefficient (Wildman–Crippen LogP) is 1.37. The maximum Gasteiger partial charge on any atom is 0.223 e. The molecule has 0 radical (unpaired) electrons. The maximum absolute atomic E-state index is 11.4. The van der Waals surface area contributed by atoms with Gasteiger partial charge in [-0.05, 0) is 32.7 Å². The van der Waals surface area contributed by atoms with Crippen molar-refractivity contribution in [1.82, 2.24) is 15.5 Å². The number of nitrogens with zero attached hydrogens (tertiary/aromatic N) is 1. The third kappa shape index (κ3) is 6.36. The first-order valence-electron chi connectivity index (χ1n) is 7.26. The number of hydrogen-bond donors (Lipinski definition) is 2. The Bertz CT molecular complexity index is 235. The third-order valence-corrected chi connectivity index (χ3v) is 3.63. The molecule has 106 valence electrons. The molecule has 2 N–H and O–H groups in total. The summed E-state index contributed by atoms with van der Waals surface area (Å²) < 4.78 is 0. The predicted molar refractivity (Wildman–Crippen MR) is 75.7 cm³/mol. The number of carbonyl (C=O) groups is 1. The average Bonchev–Trinajstić information content (AvgIpc) is 2.57. The quantitative estimate of drug-likeness (QED) is 0.753. The van der Waals surface area contributed by atoms with Gasteiger partial charge in [0.1, 0.15) is 0 Å². The molecular weight excluding hydrogens is 226 g/mol. The molecule has 4 nitrogen and oxygen atoms in total. The van der Waals surface area contributed by atoms with E-state index in [0.29, 0.717) is 18.5 Å². The molecule has 0 aromatic heterocycles. The van der Waals surface area contributed by atoms with Crippen LogP contribution in [0.15, 0.2) is 0 Å². The first-order chi connectivity index (χ1) is 8.59. The molecule has 2 atom stereocenters. The lowest BCUT2D eigenvalue weighted by atomic mass is 10.0. The molecular formula is C14H29N3O. The Labute approximate surface area is 111 Å². The minimum absolute atomic E-state index is 0.197. The van der Waals surface area contributed by atoms with Crippen molar-refractivity contribution in [2.24, 2.45) is 0 Å². The first-order valence-corrected chi connectivity index (χ1v) is 7.26. The van der Waals surface area contributed by atoms with Crippen molar-refractivity contribution in [3.8, 4) is 0 Å². The Morgan fingerprint density at radius 2 is 2.17 bits per heavy atom. The van der Waals surface area contributed by atoms with Gasteiger partial charge in [0.05, 0.1) is 0 Å². The van der Waals surface area contributed by atoms with Gasteiger partial charge in [-0.2, -0.15) is 0 Å². The molecule has 1 amide bonds. The van der Waals surface area contributed by atoms with Gasteiger partial charge in [-0.1, -0.05) is 12.8 Å². The molecule has 0 saturated carbocycles. The maximum atomic E-state index is 11.4. The largest absolute Gasteiger partial charge is 0.349 e. The van der Waals surface area contributed by atoms with E-state index in [-0.39, 0.29) is 5.91 Å². The summed E-state index contributed by atoms with van der Waals surface area (Å²) in [7, 11) is 3.61. The van der Waals surface area contributed by atoms with Crippen LogP contribution in [-0.2, 0) is 4.79 Å². The zero-order valence-corrected chi connectivity index (χ0v) is 12.2. The van der Waals surface area contributed by atoms with E-state index < -0.39 is 0 Å². The van der Waals surface area contributed by atoms with E-state index in [0.717, 1.165) is 19.5 Å². The van der Waals surface area contributed by atoms with E-state index in [1.165, 1.54) is 25.7 Å². The van der Waals surface area contributed by atoms with Crippen LogP contribution in [0.2, 0.25) is 0 Å². The summed E-state index contributed by atoms with van der Waals surface area (Å²) >= 11 is 0. The van der Waals surface area contributed by atoms with E-state index in [4.69, 9.17) is 0 Å². The number of amides is 1. The van der Waals surface area contributed by atoms with Crippen molar-refractivity contribution in [3.05, 3.63) is 0 Å². The van der Waals surface area contributed by atoms with Crippen molar-refractivity contribution >= 4 is 5.91 Å². The van der Waals surface area contributed by atoms with Gasteiger partial charge in [-0.25, -0.2) is 0 Å². The molecule has 0 spiro atoms. The van der Waals surface area contributed by atoms with Crippen LogP contribution in [0.3, 0.4) is 0 Å². The highest BCUT2D eigenvalue weighted by molar-refractivity contribution is 5.75. The van der Waals surface area contributed by atoms with Crippen LogP contribution < -0.4 is 10.6 Å². The SMILES string of the molecule is CC(CC1CCCCCN1)NCCC(=O)N(C)C. The Morgan fingerprint density at radius 3 is 2.89 bits per heavy atom. The number of nitrogens with one attached hydrogen (secondary N) is 2. The normalized spacial score (nSPS) is 22.3.